The number of benzene rings is 1. The molecule has 0 bridgehead atoms. The molecular weight excluding hydrogens is 396 g/mol. The highest BCUT2D eigenvalue weighted by Crippen LogP contribution is 2.22. The first-order chi connectivity index (χ1) is 15.0. The molecule has 3 aromatic rings. The number of ketones is 1. The zero-order chi connectivity index (χ0) is 21.8. The number of aromatic nitrogens is 1. The third-order valence-corrected chi connectivity index (χ3v) is 5.51. The normalized spacial score (nSPS) is 15.7. The maximum absolute atomic E-state index is 12.7. The Morgan fingerprint density at radius 2 is 2.00 bits per heavy atom. The molecule has 0 aliphatic carbocycles. The van der Waals surface area contributed by atoms with Crippen molar-refractivity contribution >= 4 is 17.4 Å². The van der Waals surface area contributed by atoms with Crippen molar-refractivity contribution in [2.75, 3.05) is 18.5 Å². The predicted octanol–water partition coefficient (Wildman–Crippen LogP) is 4.39. The Labute approximate surface area is 181 Å². The summed E-state index contributed by atoms with van der Waals surface area (Å²) in [5.41, 5.74) is 3.28. The van der Waals surface area contributed by atoms with E-state index >= 15 is 0 Å². The third kappa shape index (κ3) is 4.88. The van der Waals surface area contributed by atoms with Crippen LogP contribution in [0.3, 0.4) is 0 Å². The number of nitrogens with one attached hydrogen (secondary N) is 1. The van der Waals surface area contributed by atoms with Crippen LogP contribution in [0.25, 0.3) is 0 Å². The Morgan fingerprint density at radius 1 is 1.19 bits per heavy atom. The highest BCUT2D eigenvalue weighted by molar-refractivity contribution is 6.02. The molecule has 1 fully saturated rings. The molecule has 1 aliphatic rings. The minimum Gasteiger partial charge on any atom is -0.485 e. The average Bonchev–Trinajstić information content (AvgIpc) is 3.52. The van der Waals surface area contributed by atoms with Gasteiger partial charge in [0, 0.05) is 35.8 Å². The fourth-order valence-electron chi connectivity index (χ4n) is 3.82. The van der Waals surface area contributed by atoms with Crippen molar-refractivity contribution in [2.45, 2.75) is 39.3 Å². The molecule has 7 heteroatoms. The second-order valence-corrected chi connectivity index (χ2v) is 7.70. The van der Waals surface area contributed by atoms with Crippen molar-refractivity contribution in [3.05, 3.63) is 71.4 Å². The molecule has 162 valence electrons. The molecule has 1 saturated heterocycles. The number of Topliss-reactive ketones (excluding diaryl/α,β-unsaturated/α-hetero) is 1. The van der Waals surface area contributed by atoms with E-state index in [1.807, 2.05) is 19.9 Å². The number of hydrogen-bond acceptors (Lipinski definition) is 5. The molecule has 0 saturated carbocycles. The molecule has 0 unspecified atom stereocenters. The highest BCUT2D eigenvalue weighted by atomic mass is 16.5. The third-order valence-electron chi connectivity index (χ3n) is 5.51. The molecule has 31 heavy (non-hydrogen) atoms. The van der Waals surface area contributed by atoms with Gasteiger partial charge in [-0.15, -0.1) is 0 Å². The van der Waals surface area contributed by atoms with Gasteiger partial charge in [-0.25, -0.2) is 0 Å². The summed E-state index contributed by atoms with van der Waals surface area (Å²) in [5.74, 6) is 0.398. The lowest BCUT2D eigenvalue weighted by molar-refractivity contribution is 0.0914. The van der Waals surface area contributed by atoms with Gasteiger partial charge in [0.1, 0.15) is 5.75 Å². The second kappa shape index (κ2) is 9.22. The van der Waals surface area contributed by atoms with E-state index in [1.54, 1.807) is 36.4 Å². The minimum absolute atomic E-state index is 0.0533. The number of hydrogen-bond donors (Lipinski definition) is 1. The summed E-state index contributed by atoms with van der Waals surface area (Å²) in [6.45, 7) is 5.51. The lowest BCUT2D eigenvalue weighted by Crippen LogP contribution is -2.18. The van der Waals surface area contributed by atoms with Gasteiger partial charge < -0.3 is 23.8 Å². The predicted molar refractivity (Wildman–Crippen MR) is 116 cm³/mol. The molecule has 4 rings (SSSR count). The monoisotopic (exact) mass is 422 g/mol. The summed E-state index contributed by atoms with van der Waals surface area (Å²) in [4.78, 5) is 24.8. The van der Waals surface area contributed by atoms with E-state index in [0.717, 1.165) is 37.4 Å². The van der Waals surface area contributed by atoms with E-state index < -0.39 is 0 Å². The van der Waals surface area contributed by atoms with Crippen molar-refractivity contribution in [1.29, 1.82) is 0 Å². The SMILES string of the molecule is Cc1cc(C(=O)COc2ccc(NC(=O)c3ccco3)cc2)c(C)n1C[C@@H]1CCCO1. The van der Waals surface area contributed by atoms with Gasteiger partial charge in [0.15, 0.2) is 12.4 Å². The number of ether oxygens (including phenoxy) is 2. The molecular formula is C24H26N2O5. The van der Waals surface area contributed by atoms with E-state index in [2.05, 4.69) is 9.88 Å². The number of furan rings is 1. The number of amides is 1. The quantitative estimate of drug-likeness (QED) is 0.545. The van der Waals surface area contributed by atoms with Crippen molar-refractivity contribution < 1.29 is 23.5 Å². The van der Waals surface area contributed by atoms with Crippen LogP contribution >= 0.6 is 0 Å². The van der Waals surface area contributed by atoms with Gasteiger partial charge in [0.2, 0.25) is 5.78 Å². The van der Waals surface area contributed by atoms with E-state index in [4.69, 9.17) is 13.9 Å². The van der Waals surface area contributed by atoms with Crippen LogP contribution in [0.5, 0.6) is 5.75 Å². The lowest BCUT2D eigenvalue weighted by Gasteiger charge is -2.14. The topological polar surface area (TPSA) is 82.7 Å². The van der Waals surface area contributed by atoms with E-state index in [-0.39, 0.29) is 30.2 Å². The molecule has 0 spiro atoms. The van der Waals surface area contributed by atoms with Gasteiger partial charge in [0.05, 0.1) is 12.4 Å². The number of anilines is 1. The van der Waals surface area contributed by atoms with Crippen LogP contribution in [0.4, 0.5) is 5.69 Å². The first kappa shape index (κ1) is 20.9. The molecule has 1 N–H and O–H groups in total. The highest BCUT2D eigenvalue weighted by Gasteiger charge is 2.21. The summed E-state index contributed by atoms with van der Waals surface area (Å²) >= 11 is 0. The Kier molecular flexibility index (Phi) is 6.23. The van der Waals surface area contributed by atoms with Gasteiger partial charge in [-0.1, -0.05) is 0 Å². The molecule has 1 amide bonds. The smallest absolute Gasteiger partial charge is 0.291 e. The van der Waals surface area contributed by atoms with Gasteiger partial charge in [-0.3, -0.25) is 9.59 Å². The van der Waals surface area contributed by atoms with E-state index in [1.165, 1.54) is 6.26 Å². The summed E-state index contributed by atoms with van der Waals surface area (Å²) < 4.78 is 18.6. The van der Waals surface area contributed by atoms with Crippen LogP contribution in [0.2, 0.25) is 0 Å². The van der Waals surface area contributed by atoms with Crippen LogP contribution < -0.4 is 10.1 Å². The second-order valence-electron chi connectivity index (χ2n) is 7.70. The average molecular weight is 422 g/mol. The van der Waals surface area contributed by atoms with Gasteiger partial charge in [-0.2, -0.15) is 0 Å². The molecule has 3 heterocycles. The van der Waals surface area contributed by atoms with Gasteiger partial charge in [-0.05, 0) is 69.2 Å². The summed E-state index contributed by atoms with van der Waals surface area (Å²) in [6.07, 6.45) is 3.81. The first-order valence-electron chi connectivity index (χ1n) is 10.4. The zero-order valence-electron chi connectivity index (χ0n) is 17.7. The van der Waals surface area contributed by atoms with Crippen molar-refractivity contribution in [2.24, 2.45) is 0 Å². The Bertz CT molecular complexity index is 1040. The van der Waals surface area contributed by atoms with E-state index in [9.17, 15) is 9.59 Å². The number of rotatable bonds is 8. The van der Waals surface area contributed by atoms with Crippen LogP contribution in [-0.4, -0.2) is 35.6 Å². The minimum atomic E-state index is -0.327. The fraction of sp³-hybridized carbons (Fsp3) is 0.333. The van der Waals surface area contributed by atoms with Gasteiger partial charge in [0.25, 0.3) is 5.91 Å². The number of aryl methyl sites for hydroxylation is 1. The molecule has 7 nitrogen and oxygen atoms in total. The lowest BCUT2D eigenvalue weighted by atomic mass is 10.1. The number of carbonyl (C=O) groups is 2. The molecule has 2 aromatic heterocycles. The standard InChI is InChI=1S/C24H26N2O5/c1-16-13-21(17(2)26(16)14-20-5-3-11-29-20)22(27)15-31-19-9-7-18(8-10-19)25-24(28)23-6-4-12-30-23/h4,6-10,12-13,20H,3,5,11,14-15H2,1-2H3,(H,25,28)/t20-/m0/s1. The number of nitrogens with zero attached hydrogens (tertiary/aromatic N) is 1. The van der Waals surface area contributed by atoms with E-state index in [0.29, 0.717) is 17.0 Å². The summed E-state index contributed by atoms with van der Waals surface area (Å²) in [5, 5.41) is 2.74. The molecule has 1 aromatic carbocycles. The molecule has 1 aliphatic heterocycles. The zero-order valence-corrected chi connectivity index (χ0v) is 17.7. The molecule has 0 radical (unpaired) electrons. The maximum atomic E-state index is 12.7. The van der Waals surface area contributed by atoms with Crippen LogP contribution in [-0.2, 0) is 11.3 Å². The van der Waals surface area contributed by atoms with Crippen molar-refractivity contribution in [3.63, 3.8) is 0 Å². The number of carbonyl (C=O) groups excluding carboxylic acids is 2. The van der Waals surface area contributed by atoms with Crippen LogP contribution in [0.15, 0.2) is 53.1 Å². The van der Waals surface area contributed by atoms with Crippen LogP contribution in [0, 0.1) is 13.8 Å². The first-order valence-corrected chi connectivity index (χ1v) is 10.4. The summed E-state index contributed by atoms with van der Waals surface area (Å²) in [6, 6.07) is 12.0. The van der Waals surface area contributed by atoms with Crippen molar-refractivity contribution in [3.8, 4) is 5.75 Å². The van der Waals surface area contributed by atoms with Crippen LogP contribution in [0.1, 0.15) is 45.1 Å². The van der Waals surface area contributed by atoms with Crippen molar-refractivity contribution in [1.82, 2.24) is 4.57 Å². The van der Waals surface area contributed by atoms with Gasteiger partial charge >= 0.3 is 0 Å². The maximum Gasteiger partial charge on any atom is 0.291 e. The largest absolute Gasteiger partial charge is 0.485 e. The molecule has 1 atom stereocenters. The Morgan fingerprint density at radius 3 is 2.68 bits per heavy atom. The summed E-state index contributed by atoms with van der Waals surface area (Å²) in [7, 11) is 0. The fourth-order valence-corrected chi connectivity index (χ4v) is 3.82. The Hall–Kier alpha value is -3.32. The Balaban J connectivity index is 1.34.